The zero-order valence-electron chi connectivity index (χ0n) is 22.0. The fraction of sp³-hybridized carbons (Fsp3) is 0.577. The fourth-order valence-corrected chi connectivity index (χ4v) is 4.21. The molecule has 0 radical (unpaired) electrons. The normalized spacial score (nSPS) is 17.2. The summed E-state index contributed by atoms with van der Waals surface area (Å²) in [5, 5.41) is 8.67. The Balaban J connectivity index is 1.39. The number of esters is 1. The Labute approximate surface area is 221 Å². The van der Waals surface area contributed by atoms with Gasteiger partial charge in [-0.25, -0.2) is 9.59 Å². The number of carboxylic acid groups (broad SMARTS) is 1. The van der Waals surface area contributed by atoms with E-state index >= 15 is 0 Å². The van der Waals surface area contributed by atoms with Gasteiger partial charge in [-0.2, -0.15) is 0 Å². The standard InChI is InChI=1S/C26H35N3O9/c1-26(2,3)24(34)37-17-38-25(35)27-10-8-19(9-11-27)28-12-13-29(22(31)15-28)14-21(30)18-4-6-20(7-5-18)36-16-23(32)33/h4-7,19H,8-17H2,1-3H3,(H,32,33). The van der Waals surface area contributed by atoms with Crippen LogP contribution >= 0.6 is 0 Å². The second-order valence-corrected chi connectivity index (χ2v) is 10.3. The van der Waals surface area contributed by atoms with Gasteiger partial charge in [-0.05, 0) is 57.9 Å². The Morgan fingerprint density at radius 3 is 2.21 bits per heavy atom. The number of carboxylic acids is 1. The molecule has 1 aromatic rings. The molecule has 3 rings (SSSR count). The molecule has 0 atom stereocenters. The van der Waals surface area contributed by atoms with Crippen molar-refractivity contribution in [3.05, 3.63) is 29.8 Å². The van der Waals surface area contributed by atoms with Crippen molar-refractivity contribution >= 4 is 29.7 Å². The summed E-state index contributed by atoms with van der Waals surface area (Å²) < 4.78 is 15.1. The average Bonchev–Trinajstić information content (AvgIpc) is 2.88. The second-order valence-electron chi connectivity index (χ2n) is 10.3. The minimum absolute atomic E-state index is 0.0356. The van der Waals surface area contributed by atoms with Gasteiger partial charge in [0.25, 0.3) is 0 Å². The lowest BCUT2D eigenvalue weighted by Crippen LogP contribution is -2.56. The number of Topliss-reactive ketones (excluding diaryl/α,β-unsaturated/α-hetero) is 1. The van der Waals surface area contributed by atoms with Gasteiger partial charge in [0.15, 0.2) is 12.4 Å². The Bertz CT molecular complexity index is 1030. The van der Waals surface area contributed by atoms with Crippen LogP contribution in [-0.2, 0) is 23.9 Å². The molecule has 2 amide bonds. The first kappa shape index (κ1) is 28.9. The van der Waals surface area contributed by atoms with Gasteiger partial charge in [0.05, 0.1) is 18.5 Å². The number of ether oxygens (including phenoxy) is 3. The van der Waals surface area contributed by atoms with E-state index in [9.17, 15) is 24.0 Å². The number of rotatable bonds is 9. The highest BCUT2D eigenvalue weighted by atomic mass is 16.7. The predicted octanol–water partition coefficient (Wildman–Crippen LogP) is 1.62. The van der Waals surface area contributed by atoms with Crippen LogP contribution in [0.25, 0.3) is 0 Å². The summed E-state index contributed by atoms with van der Waals surface area (Å²) in [5.74, 6) is -1.54. The molecule has 12 nitrogen and oxygen atoms in total. The Morgan fingerprint density at radius 1 is 0.974 bits per heavy atom. The largest absolute Gasteiger partial charge is 0.482 e. The Morgan fingerprint density at radius 2 is 1.63 bits per heavy atom. The van der Waals surface area contributed by atoms with E-state index in [0.29, 0.717) is 50.3 Å². The molecule has 1 N–H and O–H groups in total. The number of piperidine rings is 1. The van der Waals surface area contributed by atoms with Gasteiger partial charge < -0.3 is 29.1 Å². The number of hydrogen-bond acceptors (Lipinski definition) is 9. The highest BCUT2D eigenvalue weighted by Crippen LogP contribution is 2.20. The van der Waals surface area contributed by atoms with Crippen molar-refractivity contribution in [3.63, 3.8) is 0 Å². The van der Waals surface area contributed by atoms with Crippen LogP contribution in [0, 0.1) is 5.41 Å². The van der Waals surface area contributed by atoms with E-state index in [1.54, 1.807) is 42.7 Å². The van der Waals surface area contributed by atoms with Crippen molar-refractivity contribution in [2.24, 2.45) is 5.41 Å². The summed E-state index contributed by atoms with van der Waals surface area (Å²) in [6.07, 6.45) is 0.824. The van der Waals surface area contributed by atoms with Crippen LogP contribution < -0.4 is 4.74 Å². The molecule has 2 fully saturated rings. The maximum atomic E-state index is 12.8. The lowest BCUT2D eigenvalue weighted by Gasteiger charge is -2.41. The number of nitrogens with zero attached hydrogens (tertiary/aromatic N) is 3. The molecule has 2 aliphatic rings. The Kier molecular flexibility index (Phi) is 9.67. The van der Waals surface area contributed by atoms with Gasteiger partial charge in [-0.15, -0.1) is 0 Å². The second kappa shape index (κ2) is 12.7. The van der Waals surface area contributed by atoms with E-state index < -0.39 is 36.8 Å². The van der Waals surface area contributed by atoms with Crippen LogP contribution in [0.15, 0.2) is 24.3 Å². The molecule has 0 aliphatic carbocycles. The zero-order valence-corrected chi connectivity index (χ0v) is 22.0. The number of aliphatic carboxylic acids is 1. The van der Waals surface area contributed by atoms with E-state index in [2.05, 4.69) is 4.90 Å². The van der Waals surface area contributed by atoms with Crippen LogP contribution in [0.1, 0.15) is 44.0 Å². The zero-order chi connectivity index (χ0) is 27.9. The maximum absolute atomic E-state index is 12.8. The molecule has 0 bridgehead atoms. The average molecular weight is 534 g/mol. The number of ketones is 1. The van der Waals surface area contributed by atoms with Crippen molar-refractivity contribution in [2.75, 3.05) is 52.7 Å². The SMILES string of the molecule is CC(C)(C)C(=O)OCOC(=O)N1CCC(N2CCN(CC(=O)c3ccc(OCC(=O)O)cc3)C(=O)C2)CC1. The number of carbonyl (C=O) groups is 5. The van der Waals surface area contributed by atoms with E-state index in [1.165, 1.54) is 12.1 Å². The number of amides is 2. The topological polar surface area (TPSA) is 143 Å². The maximum Gasteiger partial charge on any atom is 0.412 e. The van der Waals surface area contributed by atoms with Crippen molar-refractivity contribution in [2.45, 2.75) is 39.7 Å². The van der Waals surface area contributed by atoms with E-state index in [0.717, 1.165) is 0 Å². The highest BCUT2D eigenvalue weighted by molar-refractivity contribution is 5.99. The van der Waals surface area contributed by atoms with Gasteiger partial charge >= 0.3 is 18.0 Å². The molecule has 0 spiro atoms. The highest BCUT2D eigenvalue weighted by Gasteiger charge is 2.33. The number of hydrogen-bond donors (Lipinski definition) is 1. The van der Waals surface area contributed by atoms with Crippen LogP contribution in [-0.4, -0.2) is 108 Å². The van der Waals surface area contributed by atoms with Gasteiger partial charge in [-0.1, -0.05) is 0 Å². The van der Waals surface area contributed by atoms with Crippen LogP contribution in [0.5, 0.6) is 5.75 Å². The molecule has 0 aromatic heterocycles. The molecule has 1 aromatic carbocycles. The monoisotopic (exact) mass is 533 g/mol. The van der Waals surface area contributed by atoms with Crippen molar-refractivity contribution in [3.8, 4) is 5.75 Å². The third-order valence-electron chi connectivity index (χ3n) is 6.45. The molecule has 38 heavy (non-hydrogen) atoms. The van der Waals surface area contributed by atoms with E-state index in [4.69, 9.17) is 19.3 Å². The van der Waals surface area contributed by atoms with Crippen LogP contribution in [0.2, 0.25) is 0 Å². The molecular weight excluding hydrogens is 498 g/mol. The minimum atomic E-state index is -1.09. The summed E-state index contributed by atoms with van der Waals surface area (Å²) in [6, 6.07) is 6.28. The van der Waals surface area contributed by atoms with Gasteiger partial charge in [0.1, 0.15) is 5.75 Å². The third kappa shape index (κ3) is 8.17. The number of benzene rings is 1. The van der Waals surface area contributed by atoms with Crippen molar-refractivity contribution in [1.29, 1.82) is 0 Å². The molecule has 12 heteroatoms. The lowest BCUT2D eigenvalue weighted by molar-refractivity contribution is -0.162. The summed E-state index contributed by atoms with van der Waals surface area (Å²) in [5.41, 5.74) is -0.263. The predicted molar refractivity (Wildman–Crippen MR) is 134 cm³/mol. The lowest BCUT2D eigenvalue weighted by atomic mass is 9.98. The molecular formula is C26H35N3O9. The number of piperazine rings is 1. The number of likely N-dealkylation sites (tertiary alicyclic amines) is 1. The minimum Gasteiger partial charge on any atom is -0.482 e. The van der Waals surface area contributed by atoms with Crippen molar-refractivity contribution < 1.29 is 43.3 Å². The number of carbonyl (C=O) groups excluding carboxylic acids is 4. The molecule has 2 aliphatic heterocycles. The van der Waals surface area contributed by atoms with Crippen LogP contribution in [0.4, 0.5) is 4.79 Å². The summed E-state index contributed by atoms with van der Waals surface area (Å²) in [7, 11) is 0. The van der Waals surface area contributed by atoms with Crippen molar-refractivity contribution in [1.82, 2.24) is 14.7 Å². The Hall–Kier alpha value is -3.67. The quantitative estimate of drug-likeness (QED) is 0.283. The summed E-state index contributed by atoms with van der Waals surface area (Å²) in [6.45, 7) is 6.40. The molecule has 2 heterocycles. The van der Waals surface area contributed by atoms with Gasteiger partial charge in [0.2, 0.25) is 12.7 Å². The first-order valence-electron chi connectivity index (χ1n) is 12.5. The van der Waals surface area contributed by atoms with Gasteiger partial charge in [-0.3, -0.25) is 19.3 Å². The third-order valence-corrected chi connectivity index (χ3v) is 6.45. The van der Waals surface area contributed by atoms with Crippen LogP contribution in [0.3, 0.4) is 0 Å². The molecule has 208 valence electrons. The first-order valence-corrected chi connectivity index (χ1v) is 12.5. The first-order chi connectivity index (χ1) is 17.9. The summed E-state index contributed by atoms with van der Waals surface area (Å²) in [4.78, 5) is 65.3. The van der Waals surface area contributed by atoms with E-state index in [-0.39, 0.29) is 30.8 Å². The van der Waals surface area contributed by atoms with Gasteiger partial charge in [0, 0.05) is 37.8 Å². The fourth-order valence-electron chi connectivity index (χ4n) is 4.21. The molecule has 0 saturated carbocycles. The summed E-state index contributed by atoms with van der Waals surface area (Å²) >= 11 is 0. The molecule has 0 unspecified atom stereocenters. The smallest absolute Gasteiger partial charge is 0.412 e. The molecule has 2 saturated heterocycles. The van der Waals surface area contributed by atoms with E-state index in [1.807, 2.05) is 0 Å².